The van der Waals surface area contributed by atoms with E-state index >= 15 is 0 Å². The van der Waals surface area contributed by atoms with Crippen LogP contribution in [0.25, 0.3) is 10.2 Å². The zero-order valence-electron chi connectivity index (χ0n) is 8.97. The van der Waals surface area contributed by atoms with E-state index in [2.05, 4.69) is 4.98 Å². The molecular formula is C10H11N3O2S2. The van der Waals surface area contributed by atoms with E-state index < -0.39 is 15.6 Å². The maximum Gasteiger partial charge on any atom is 0.162 e. The summed E-state index contributed by atoms with van der Waals surface area (Å²) in [6, 6.07) is 3.33. The summed E-state index contributed by atoms with van der Waals surface area (Å²) in [5, 5.41) is 13.9. The Labute approximate surface area is 104 Å². The fourth-order valence-electron chi connectivity index (χ4n) is 1.48. The van der Waals surface area contributed by atoms with Crippen molar-refractivity contribution in [3.63, 3.8) is 0 Å². The van der Waals surface area contributed by atoms with Crippen LogP contribution in [-0.2, 0) is 0 Å². The Kier molecular flexibility index (Phi) is 3.00. The molecule has 2 aromatic rings. The molecule has 2 rings (SSSR count). The molecule has 0 spiro atoms. The summed E-state index contributed by atoms with van der Waals surface area (Å²) in [4.78, 5) is 4.43. The second-order valence-electron chi connectivity index (χ2n) is 3.47. The molecule has 17 heavy (non-hydrogen) atoms. The van der Waals surface area contributed by atoms with E-state index in [-0.39, 0.29) is 4.90 Å². The van der Waals surface area contributed by atoms with Gasteiger partial charge < -0.3 is 5.41 Å². The fraction of sp³-hybridized carbons (Fsp3) is 0.100. The average Bonchev–Trinajstić information content (AvgIpc) is 2.77. The minimum absolute atomic E-state index is 0.272. The van der Waals surface area contributed by atoms with Crippen LogP contribution in [0, 0.1) is 17.7 Å². The number of aryl methyl sites for hydroxylation is 1. The summed E-state index contributed by atoms with van der Waals surface area (Å²) < 4.78 is 20.7. The van der Waals surface area contributed by atoms with Crippen LogP contribution in [0.1, 0.15) is 5.56 Å². The van der Waals surface area contributed by atoms with Gasteiger partial charge in [-0.15, -0.1) is 21.9 Å². The highest BCUT2D eigenvalue weighted by molar-refractivity contribution is 8.38. The van der Waals surface area contributed by atoms with Crippen molar-refractivity contribution in [1.29, 1.82) is 10.8 Å². The minimum Gasteiger partial charge on any atom is -0.305 e. The number of thiazole rings is 1. The van der Waals surface area contributed by atoms with Gasteiger partial charge in [-0.05, 0) is 18.6 Å². The molecule has 1 aromatic heterocycles. The molecule has 0 unspecified atom stereocenters. The zero-order chi connectivity index (χ0) is 12.6. The molecule has 0 amide bonds. The first-order chi connectivity index (χ1) is 7.98. The maximum atomic E-state index is 10.0. The van der Waals surface area contributed by atoms with E-state index in [1.807, 2.05) is 6.92 Å². The average molecular weight is 269 g/mol. The van der Waals surface area contributed by atoms with Gasteiger partial charge in [0, 0.05) is 0 Å². The first-order valence-electron chi connectivity index (χ1n) is 4.68. The van der Waals surface area contributed by atoms with Crippen LogP contribution < -0.4 is 0 Å². The van der Waals surface area contributed by atoms with Gasteiger partial charge in [0.25, 0.3) is 0 Å². The molecule has 7 heteroatoms. The van der Waals surface area contributed by atoms with Crippen molar-refractivity contribution in [2.45, 2.75) is 11.8 Å². The summed E-state index contributed by atoms with van der Waals surface area (Å²) in [6.07, 6.45) is 0.655. The lowest BCUT2D eigenvalue weighted by Gasteiger charge is -2.31. The largest absolute Gasteiger partial charge is 0.305 e. The smallest absolute Gasteiger partial charge is 0.162 e. The third-order valence-corrected chi connectivity index (χ3v) is 5.07. The standard InChI is InChI=1S/C10H11N3O2S2/c1-6-2-3-7(10-9(6)13-5-16-10)17(14,15)8(12)4-11/h2-5,11-12,14-15H,1H3. The van der Waals surface area contributed by atoms with E-state index in [1.54, 1.807) is 17.6 Å². The van der Waals surface area contributed by atoms with E-state index in [4.69, 9.17) is 10.8 Å². The molecule has 0 aliphatic heterocycles. The molecule has 4 N–H and O–H groups in total. The number of nitrogens with one attached hydrogen (secondary N) is 2. The van der Waals surface area contributed by atoms with Crippen molar-refractivity contribution in [1.82, 2.24) is 4.98 Å². The van der Waals surface area contributed by atoms with Gasteiger partial charge in [-0.2, -0.15) is 0 Å². The van der Waals surface area contributed by atoms with E-state index in [9.17, 15) is 9.11 Å². The van der Waals surface area contributed by atoms with Crippen molar-refractivity contribution in [2.24, 2.45) is 0 Å². The second-order valence-corrected chi connectivity index (χ2v) is 6.30. The molecule has 0 fully saturated rings. The summed E-state index contributed by atoms with van der Waals surface area (Å²) in [5.74, 6) is 0. The molecule has 90 valence electrons. The number of aromatic nitrogens is 1. The Balaban J connectivity index is 2.71. The van der Waals surface area contributed by atoms with Crippen LogP contribution >= 0.6 is 21.9 Å². The Morgan fingerprint density at radius 2 is 2.18 bits per heavy atom. The lowest BCUT2D eigenvalue weighted by atomic mass is 10.2. The van der Waals surface area contributed by atoms with Gasteiger partial charge in [-0.1, -0.05) is 6.07 Å². The Morgan fingerprint density at radius 3 is 2.82 bits per heavy atom. The topological polar surface area (TPSA) is 101 Å². The molecule has 0 saturated carbocycles. The van der Waals surface area contributed by atoms with Crippen molar-refractivity contribution < 1.29 is 9.11 Å². The van der Waals surface area contributed by atoms with E-state index in [0.29, 0.717) is 16.4 Å². The molecule has 1 aromatic carbocycles. The molecule has 0 aliphatic rings. The van der Waals surface area contributed by atoms with Crippen molar-refractivity contribution in [3.05, 3.63) is 23.2 Å². The summed E-state index contributed by atoms with van der Waals surface area (Å²) >= 11 is 1.30. The highest BCUT2D eigenvalue weighted by atomic mass is 32.3. The van der Waals surface area contributed by atoms with Gasteiger partial charge >= 0.3 is 0 Å². The van der Waals surface area contributed by atoms with E-state index in [0.717, 1.165) is 5.56 Å². The van der Waals surface area contributed by atoms with Crippen LogP contribution in [0.3, 0.4) is 0 Å². The number of fused-ring (bicyclic) bond motifs is 1. The minimum atomic E-state index is -3.39. The van der Waals surface area contributed by atoms with Crippen LogP contribution in [0.4, 0.5) is 0 Å². The highest BCUT2D eigenvalue weighted by Gasteiger charge is 2.24. The molecule has 0 aliphatic carbocycles. The Morgan fingerprint density at radius 1 is 1.47 bits per heavy atom. The van der Waals surface area contributed by atoms with Gasteiger partial charge in [0.15, 0.2) is 5.04 Å². The summed E-state index contributed by atoms with van der Waals surface area (Å²) in [6.45, 7) is 1.89. The third kappa shape index (κ3) is 1.87. The molecular weight excluding hydrogens is 258 g/mol. The maximum absolute atomic E-state index is 10.0. The predicted octanol–water partition coefficient (Wildman–Crippen LogP) is 3.34. The summed E-state index contributed by atoms with van der Waals surface area (Å²) in [7, 11) is -3.39. The summed E-state index contributed by atoms with van der Waals surface area (Å²) in [5.41, 5.74) is 3.29. The van der Waals surface area contributed by atoms with Gasteiger partial charge in [-0.3, -0.25) is 14.5 Å². The van der Waals surface area contributed by atoms with Gasteiger partial charge in [0.1, 0.15) is 0 Å². The first kappa shape index (κ1) is 12.2. The quantitative estimate of drug-likeness (QED) is 0.496. The first-order valence-corrected chi connectivity index (χ1v) is 7.11. The van der Waals surface area contributed by atoms with Crippen molar-refractivity contribution in [3.8, 4) is 0 Å². The molecule has 0 saturated heterocycles. The molecule has 1 heterocycles. The SMILES string of the molecule is Cc1ccc(S(O)(O)C(=N)C=N)c2scnc12. The number of hydrogen-bond acceptors (Lipinski definition) is 6. The number of rotatable bonds is 2. The van der Waals surface area contributed by atoms with Crippen LogP contribution in [0.15, 0.2) is 22.5 Å². The molecule has 0 radical (unpaired) electrons. The molecule has 0 bridgehead atoms. The highest BCUT2D eigenvalue weighted by Crippen LogP contribution is 2.52. The number of benzene rings is 1. The fourth-order valence-corrected chi connectivity index (χ4v) is 3.76. The Bertz CT molecular complexity index is 607. The lowest BCUT2D eigenvalue weighted by Crippen LogP contribution is -2.11. The van der Waals surface area contributed by atoms with Crippen LogP contribution in [0.5, 0.6) is 0 Å². The normalized spacial score (nSPS) is 12.6. The van der Waals surface area contributed by atoms with Gasteiger partial charge in [-0.25, -0.2) is 4.98 Å². The number of nitrogens with zero attached hydrogens (tertiary/aromatic N) is 1. The van der Waals surface area contributed by atoms with Gasteiger partial charge in [0.05, 0.1) is 26.8 Å². The molecule has 5 nitrogen and oxygen atoms in total. The lowest BCUT2D eigenvalue weighted by molar-refractivity contribution is 0.505. The number of hydrogen-bond donors (Lipinski definition) is 4. The second kappa shape index (κ2) is 4.19. The third-order valence-electron chi connectivity index (χ3n) is 2.39. The predicted molar refractivity (Wildman–Crippen MR) is 72.0 cm³/mol. The zero-order valence-corrected chi connectivity index (χ0v) is 10.6. The molecule has 0 atom stereocenters. The Hall–Kier alpha value is -1.28. The van der Waals surface area contributed by atoms with Gasteiger partial charge in [0.2, 0.25) is 0 Å². The van der Waals surface area contributed by atoms with Crippen molar-refractivity contribution >= 4 is 43.4 Å². The monoisotopic (exact) mass is 269 g/mol. The van der Waals surface area contributed by atoms with E-state index in [1.165, 1.54) is 11.3 Å². The van der Waals surface area contributed by atoms with Crippen LogP contribution in [0.2, 0.25) is 0 Å². The van der Waals surface area contributed by atoms with Crippen LogP contribution in [-0.4, -0.2) is 25.3 Å². The van der Waals surface area contributed by atoms with Crippen molar-refractivity contribution in [2.75, 3.05) is 0 Å².